The SMILES string of the molecule is CCOc1ccc(-n2c(CNC(=O)c3ccc(S(=O)(=O)N4CCOCC4)cc3)nnc2SCC(=O)Nc2nccs2)cc1. The summed E-state index contributed by atoms with van der Waals surface area (Å²) in [5.74, 6) is 0.557. The number of benzene rings is 2. The monoisotopic (exact) mass is 643 g/mol. The van der Waals surface area contributed by atoms with Crippen LogP contribution < -0.4 is 15.4 Å². The number of aromatic nitrogens is 4. The number of hydrogen-bond acceptors (Lipinski definition) is 11. The van der Waals surface area contributed by atoms with E-state index in [1.165, 1.54) is 51.7 Å². The van der Waals surface area contributed by atoms with Gasteiger partial charge in [0.2, 0.25) is 15.9 Å². The summed E-state index contributed by atoms with van der Waals surface area (Å²) >= 11 is 2.52. The Morgan fingerprint density at radius 3 is 2.49 bits per heavy atom. The first-order valence-corrected chi connectivity index (χ1v) is 16.6. The molecule has 1 saturated heterocycles. The molecule has 0 spiro atoms. The fraction of sp³-hybridized carbons (Fsp3) is 0.296. The number of nitrogens with zero attached hydrogens (tertiary/aromatic N) is 5. The third-order valence-electron chi connectivity index (χ3n) is 6.25. The fourth-order valence-corrected chi connectivity index (χ4v) is 6.90. The molecule has 43 heavy (non-hydrogen) atoms. The van der Waals surface area contributed by atoms with Gasteiger partial charge in [0, 0.05) is 35.9 Å². The molecule has 0 radical (unpaired) electrons. The molecule has 3 heterocycles. The summed E-state index contributed by atoms with van der Waals surface area (Å²) in [5.41, 5.74) is 1.01. The normalized spacial score (nSPS) is 13.9. The smallest absolute Gasteiger partial charge is 0.251 e. The molecule has 0 saturated carbocycles. The summed E-state index contributed by atoms with van der Waals surface area (Å²) in [6.45, 7) is 3.73. The van der Waals surface area contributed by atoms with Gasteiger partial charge < -0.3 is 20.1 Å². The van der Waals surface area contributed by atoms with Gasteiger partial charge in [-0.15, -0.1) is 21.5 Å². The molecule has 16 heteroatoms. The van der Waals surface area contributed by atoms with E-state index in [2.05, 4.69) is 25.8 Å². The largest absolute Gasteiger partial charge is 0.494 e. The van der Waals surface area contributed by atoms with Crippen molar-refractivity contribution in [1.29, 1.82) is 0 Å². The van der Waals surface area contributed by atoms with Crippen molar-refractivity contribution in [3.8, 4) is 11.4 Å². The fourth-order valence-electron chi connectivity index (χ4n) is 4.17. The number of carbonyl (C=O) groups excluding carboxylic acids is 2. The zero-order valence-corrected chi connectivity index (χ0v) is 25.6. The van der Waals surface area contributed by atoms with Crippen molar-refractivity contribution in [2.24, 2.45) is 0 Å². The molecule has 0 atom stereocenters. The third kappa shape index (κ3) is 7.58. The van der Waals surface area contributed by atoms with E-state index in [0.717, 1.165) is 5.69 Å². The van der Waals surface area contributed by atoms with Gasteiger partial charge in [-0.2, -0.15) is 4.31 Å². The van der Waals surface area contributed by atoms with Gasteiger partial charge >= 0.3 is 0 Å². The topological polar surface area (TPSA) is 158 Å². The average Bonchev–Trinajstić information content (AvgIpc) is 3.70. The van der Waals surface area contributed by atoms with Gasteiger partial charge in [-0.3, -0.25) is 14.2 Å². The number of ether oxygens (including phenoxy) is 2. The summed E-state index contributed by atoms with van der Waals surface area (Å²) in [6, 6.07) is 13.1. The molecule has 0 unspecified atom stereocenters. The molecule has 5 rings (SSSR count). The van der Waals surface area contributed by atoms with Crippen LogP contribution in [0, 0.1) is 0 Å². The molecular formula is C27H29N7O6S3. The second-order valence-corrected chi connectivity index (χ2v) is 12.8. The van der Waals surface area contributed by atoms with Crippen LogP contribution >= 0.6 is 23.1 Å². The predicted octanol–water partition coefficient (Wildman–Crippen LogP) is 2.80. The summed E-state index contributed by atoms with van der Waals surface area (Å²) in [7, 11) is -3.67. The van der Waals surface area contributed by atoms with Gasteiger partial charge in [0.1, 0.15) is 5.75 Å². The van der Waals surface area contributed by atoms with Crippen LogP contribution in [0.3, 0.4) is 0 Å². The van der Waals surface area contributed by atoms with Gasteiger partial charge in [-0.25, -0.2) is 13.4 Å². The first-order valence-electron chi connectivity index (χ1n) is 13.3. The molecule has 2 N–H and O–H groups in total. The number of nitrogens with one attached hydrogen (secondary N) is 2. The minimum Gasteiger partial charge on any atom is -0.494 e. The lowest BCUT2D eigenvalue weighted by molar-refractivity contribution is -0.113. The minimum absolute atomic E-state index is 0.0265. The predicted molar refractivity (Wildman–Crippen MR) is 161 cm³/mol. The highest BCUT2D eigenvalue weighted by atomic mass is 32.2. The number of rotatable bonds is 12. The minimum atomic E-state index is -3.67. The maximum atomic E-state index is 13.0. The summed E-state index contributed by atoms with van der Waals surface area (Å²) in [6.07, 6.45) is 1.61. The van der Waals surface area contributed by atoms with Crippen molar-refractivity contribution in [1.82, 2.24) is 29.4 Å². The van der Waals surface area contributed by atoms with Crippen molar-refractivity contribution >= 4 is 50.1 Å². The molecule has 0 aliphatic carbocycles. The second-order valence-electron chi connectivity index (χ2n) is 9.06. The molecule has 0 bridgehead atoms. The zero-order valence-electron chi connectivity index (χ0n) is 23.1. The van der Waals surface area contributed by atoms with E-state index >= 15 is 0 Å². The molecule has 1 fully saturated rings. The Balaban J connectivity index is 1.29. The van der Waals surface area contributed by atoms with E-state index in [4.69, 9.17) is 9.47 Å². The number of hydrogen-bond donors (Lipinski definition) is 2. The number of amides is 2. The number of thiazole rings is 1. The quantitative estimate of drug-likeness (QED) is 0.220. The summed E-state index contributed by atoms with van der Waals surface area (Å²) < 4.78 is 39.7. The highest BCUT2D eigenvalue weighted by molar-refractivity contribution is 7.99. The van der Waals surface area contributed by atoms with Gasteiger partial charge in [0.15, 0.2) is 16.1 Å². The number of sulfonamides is 1. The first-order chi connectivity index (χ1) is 20.8. The van der Waals surface area contributed by atoms with Crippen molar-refractivity contribution in [2.45, 2.75) is 23.5 Å². The van der Waals surface area contributed by atoms with Crippen LogP contribution in [0.5, 0.6) is 5.75 Å². The Kier molecular flexibility index (Phi) is 10.0. The Hall–Kier alpha value is -3.83. The number of anilines is 1. The van der Waals surface area contributed by atoms with Crippen LogP contribution in [-0.4, -0.2) is 82.9 Å². The molecular weight excluding hydrogens is 615 g/mol. The van der Waals surface area contributed by atoms with E-state index in [1.807, 2.05) is 31.2 Å². The molecule has 2 aromatic carbocycles. The van der Waals surface area contributed by atoms with Gasteiger partial charge in [-0.05, 0) is 55.5 Å². The van der Waals surface area contributed by atoms with Gasteiger partial charge in [0.05, 0.1) is 37.0 Å². The average molecular weight is 644 g/mol. The van der Waals surface area contributed by atoms with E-state index in [1.54, 1.807) is 16.1 Å². The van der Waals surface area contributed by atoms with Gasteiger partial charge in [-0.1, -0.05) is 11.8 Å². The van der Waals surface area contributed by atoms with Crippen molar-refractivity contribution in [3.63, 3.8) is 0 Å². The highest BCUT2D eigenvalue weighted by Crippen LogP contribution is 2.25. The Morgan fingerprint density at radius 2 is 1.81 bits per heavy atom. The highest BCUT2D eigenvalue weighted by Gasteiger charge is 2.26. The van der Waals surface area contributed by atoms with Crippen molar-refractivity contribution < 1.29 is 27.5 Å². The lowest BCUT2D eigenvalue weighted by Crippen LogP contribution is -2.40. The maximum absolute atomic E-state index is 13.0. The molecule has 13 nitrogen and oxygen atoms in total. The van der Waals surface area contributed by atoms with Crippen LogP contribution in [0.1, 0.15) is 23.1 Å². The summed E-state index contributed by atoms with van der Waals surface area (Å²) in [4.78, 5) is 29.6. The van der Waals surface area contributed by atoms with Crippen molar-refractivity contribution in [3.05, 3.63) is 71.5 Å². The number of carbonyl (C=O) groups is 2. The van der Waals surface area contributed by atoms with E-state index < -0.39 is 15.9 Å². The van der Waals surface area contributed by atoms with E-state index in [-0.39, 0.29) is 36.2 Å². The summed E-state index contributed by atoms with van der Waals surface area (Å²) in [5, 5.41) is 16.9. The second kappa shape index (κ2) is 14.1. The van der Waals surface area contributed by atoms with Gasteiger partial charge in [0.25, 0.3) is 5.91 Å². The lowest BCUT2D eigenvalue weighted by Gasteiger charge is -2.26. The standard InChI is InChI=1S/C27H29N7O6S3/c1-2-40-21-7-5-20(6-8-21)34-23(31-32-27(34)42-18-24(35)30-26-28-11-16-41-26)17-29-25(36)19-3-9-22(10-4-19)43(37,38)33-12-14-39-15-13-33/h3-11,16H,2,12-15,17-18H2,1H3,(H,29,36)(H,28,30,35). The maximum Gasteiger partial charge on any atom is 0.251 e. The van der Waals surface area contributed by atoms with Crippen LogP contribution in [-0.2, 0) is 26.1 Å². The molecule has 2 amide bonds. The van der Waals surface area contributed by atoms with E-state index in [9.17, 15) is 18.0 Å². The zero-order chi connectivity index (χ0) is 30.2. The Bertz CT molecular complexity index is 1640. The molecule has 226 valence electrons. The van der Waals surface area contributed by atoms with Crippen LogP contribution in [0.15, 0.2) is 70.2 Å². The Labute approximate surface area is 256 Å². The van der Waals surface area contributed by atoms with Crippen LogP contribution in [0.4, 0.5) is 5.13 Å². The Morgan fingerprint density at radius 1 is 1.07 bits per heavy atom. The molecule has 2 aromatic heterocycles. The first kappa shape index (κ1) is 30.6. The number of thioether (sulfide) groups is 1. The van der Waals surface area contributed by atoms with Crippen LogP contribution in [0.2, 0.25) is 0 Å². The molecule has 1 aliphatic heterocycles. The lowest BCUT2D eigenvalue weighted by atomic mass is 10.2. The van der Waals surface area contributed by atoms with E-state index in [0.29, 0.717) is 47.2 Å². The number of morpholine rings is 1. The molecule has 1 aliphatic rings. The van der Waals surface area contributed by atoms with Crippen LogP contribution in [0.25, 0.3) is 5.69 Å². The third-order valence-corrected chi connectivity index (χ3v) is 9.78. The van der Waals surface area contributed by atoms with Crippen molar-refractivity contribution in [2.75, 3.05) is 44.0 Å². The molecule has 4 aromatic rings.